The zero-order valence-corrected chi connectivity index (χ0v) is 5.60. The molecule has 0 radical (unpaired) electrons. The number of hydrogen-bond acceptors (Lipinski definition) is 2. The first-order valence-corrected chi connectivity index (χ1v) is 2.83. The van der Waals surface area contributed by atoms with E-state index in [0.717, 1.165) is 6.61 Å². The highest BCUT2D eigenvalue weighted by atomic mass is 16.6. The Balaban J connectivity index is 2.37. The molecule has 2 heteroatoms. The second-order valence-electron chi connectivity index (χ2n) is 2.63. The van der Waals surface area contributed by atoms with Crippen molar-refractivity contribution in [3.05, 3.63) is 0 Å². The smallest absolute Gasteiger partial charge is 0.109 e. The van der Waals surface area contributed by atoms with E-state index in [1.165, 1.54) is 0 Å². The number of epoxide rings is 1. The molecule has 0 spiro atoms. The minimum atomic E-state index is -0.0694. The molecule has 0 aromatic heterocycles. The zero-order chi connectivity index (χ0) is 6.20. The van der Waals surface area contributed by atoms with Gasteiger partial charge in [-0.15, -0.1) is 0 Å². The van der Waals surface area contributed by atoms with Gasteiger partial charge in [-0.05, 0) is 13.8 Å². The highest BCUT2D eigenvalue weighted by molar-refractivity contribution is 4.87. The molecule has 0 N–H and O–H groups in total. The van der Waals surface area contributed by atoms with Gasteiger partial charge in [0.2, 0.25) is 0 Å². The fraction of sp³-hybridized carbons (Fsp3) is 1.00. The van der Waals surface area contributed by atoms with Crippen molar-refractivity contribution >= 4 is 0 Å². The van der Waals surface area contributed by atoms with E-state index in [-0.39, 0.29) is 5.60 Å². The largest absolute Gasteiger partial charge is 0.376 e. The Bertz CT molecular complexity index is 84.5. The molecule has 8 heavy (non-hydrogen) atoms. The molecule has 0 saturated carbocycles. The van der Waals surface area contributed by atoms with Crippen LogP contribution in [0.2, 0.25) is 0 Å². The van der Waals surface area contributed by atoms with Crippen LogP contribution in [0.5, 0.6) is 0 Å². The van der Waals surface area contributed by atoms with Crippen LogP contribution in [0.1, 0.15) is 13.8 Å². The van der Waals surface area contributed by atoms with Gasteiger partial charge in [0.15, 0.2) is 0 Å². The van der Waals surface area contributed by atoms with E-state index >= 15 is 0 Å². The average molecular weight is 116 g/mol. The predicted molar refractivity (Wildman–Crippen MR) is 30.8 cm³/mol. The van der Waals surface area contributed by atoms with Crippen LogP contribution < -0.4 is 0 Å². The van der Waals surface area contributed by atoms with Crippen LogP contribution >= 0.6 is 0 Å². The maximum absolute atomic E-state index is 5.14. The molecule has 0 bridgehead atoms. The van der Waals surface area contributed by atoms with E-state index in [0.29, 0.717) is 6.10 Å². The van der Waals surface area contributed by atoms with Gasteiger partial charge in [-0.3, -0.25) is 0 Å². The Kier molecular flexibility index (Phi) is 1.29. The van der Waals surface area contributed by atoms with Crippen LogP contribution in [0, 0.1) is 0 Å². The normalized spacial score (nSPS) is 28.1. The maximum atomic E-state index is 5.14. The SMILES string of the molecule is COC(C)(C)C1CO1. The molecule has 1 fully saturated rings. The van der Waals surface area contributed by atoms with Gasteiger partial charge in [-0.25, -0.2) is 0 Å². The van der Waals surface area contributed by atoms with Crippen molar-refractivity contribution in [1.29, 1.82) is 0 Å². The Morgan fingerprint density at radius 1 is 1.62 bits per heavy atom. The van der Waals surface area contributed by atoms with Gasteiger partial charge in [-0.1, -0.05) is 0 Å². The Labute approximate surface area is 49.8 Å². The third-order valence-corrected chi connectivity index (χ3v) is 1.63. The second-order valence-corrected chi connectivity index (χ2v) is 2.63. The van der Waals surface area contributed by atoms with Crippen LogP contribution in [0.4, 0.5) is 0 Å². The van der Waals surface area contributed by atoms with E-state index in [9.17, 15) is 0 Å². The standard InChI is InChI=1S/C6H12O2/c1-6(2,7-3)5-4-8-5/h5H,4H2,1-3H3. The van der Waals surface area contributed by atoms with Crippen molar-refractivity contribution in [3.8, 4) is 0 Å². The molecule has 48 valence electrons. The summed E-state index contributed by atoms with van der Waals surface area (Å²) in [4.78, 5) is 0. The first kappa shape index (κ1) is 6.05. The van der Waals surface area contributed by atoms with Gasteiger partial charge < -0.3 is 9.47 Å². The van der Waals surface area contributed by atoms with Crippen LogP contribution in [0.25, 0.3) is 0 Å². The van der Waals surface area contributed by atoms with Crippen molar-refractivity contribution in [2.24, 2.45) is 0 Å². The number of hydrogen-bond donors (Lipinski definition) is 0. The monoisotopic (exact) mass is 116 g/mol. The summed E-state index contributed by atoms with van der Waals surface area (Å²) in [6.07, 6.45) is 0.340. The summed E-state index contributed by atoms with van der Waals surface area (Å²) in [7, 11) is 1.71. The summed E-state index contributed by atoms with van der Waals surface area (Å²) in [5.41, 5.74) is -0.0694. The molecule has 1 heterocycles. The Hall–Kier alpha value is -0.0800. The molecule has 1 unspecified atom stereocenters. The Morgan fingerprint density at radius 3 is 2.25 bits per heavy atom. The van der Waals surface area contributed by atoms with Gasteiger partial charge in [0, 0.05) is 7.11 Å². The first-order valence-electron chi connectivity index (χ1n) is 2.83. The molecule has 0 amide bonds. The molecule has 0 aromatic carbocycles. The molecule has 0 aliphatic carbocycles. The summed E-state index contributed by atoms with van der Waals surface area (Å²) < 4.78 is 10.2. The summed E-state index contributed by atoms with van der Waals surface area (Å²) in [6, 6.07) is 0. The quantitative estimate of drug-likeness (QED) is 0.498. The van der Waals surface area contributed by atoms with Crippen molar-refractivity contribution in [1.82, 2.24) is 0 Å². The lowest BCUT2D eigenvalue weighted by molar-refractivity contribution is -0.000834. The summed E-state index contributed by atoms with van der Waals surface area (Å²) in [6.45, 7) is 4.93. The van der Waals surface area contributed by atoms with Crippen molar-refractivity contribution < 1.29 is 9.47 Å². The lowest BCUT2D eigenvalue weighted by Gasteiger charge is -2.19. The molecule has 1 aliphatic heterocycles. The third-order valence-electron chi connectivity index (χ3n) is 1.63. The second kappa shape index (κ2) is 1.71. The minimum absolute atomic E-state index is 0.0694. The van der Waals surface area contributed by atoms with Gasteiger partial charge in [-0.2, -0.15) is 0 Å². The lowest BCUT2D eigenvalue weighted by Crippen LogP contribution is -2.29. The third kappa shape index (κ3) is 1.01. The predicted octanol–water partition coefficient (Wildman–Crippen LogP) is 0.810. The van der Waals surface area contributed by atoms with Crippen LogP contribution in [-0.4, -0.2) is 25.4 Å². The summed E-state index contributed by atoms with van der Waals surface area (Å²) in [5, 5.41) is 0. The fourth-order valence-corrected chi connectivity index (χ4v) is 0.581. The molecular weight excluding hydrogens is 104 g/mol. The van der Waals surface area contributed by atoms with Crippen molar-refractivity contribution in [3.63, 3.8) is 0 Å². The van der Waals surface area contributed by atoms with E-state index < -0.39 is 0 Å². The van der Waals surface area contributed by atoms with Gasteiger partial charge in [0.1, 0.15) is 6.10 Å². The molecular formula is C6H12O2. The summed E-state index contributed by atoms with van der Waals surface area (Å²) in [5.74, 6) is 0. The molecule has 1 atom stereocenters. The zero-order valence-electron chi connectivity index (χ0n) is 5.60. The lowest BCUT2D eigenvalue weighted by atomic mass is 10.1. The van der Waals surface area contributed by atoms with Crippen LogP contribution in [-0.2, 0) is 9.47 Å². The molecule has 2 nitrogen and oxygen atoms in total. The highest BCUT2D eigenvalue weighted by Gasteiger charge is 2.39. The van der Waals surface area contributed by atoms with Gasteiger partial charge in [0.05, 0.1) is 12.2 Å². The number of rotatable bonds is 2. The summed E-state index contributed by atoms with van der Waals surface area (Å²) >= 11 is 0. The molecule has 1 rings (SSSR count). The van der Waals surface area contributed by atoms with E-state index in [1.807, 2.05) is 13.8 Å². The number of methoxy groups -OCH3 is 1. The maximum Gasteiger partial charge on any atom is 0.109 e. The molecule has 1 aliphatic rings. The molecule has 0 aromatic rings. The van der Waals surface area contributed by atoms with Crippen LogP contribution in [0.3, 0.4) is 0 Å². The van der Waals surface area contributed by atoms with Crippen molar-refractivity contribution in [2.45, 2.75) is 25.6 Å². The van der Waals surface area contributed by atoms with Crippen molar-refractivity contribution in [2.75, 3.05) is 13.7 Å². The van der Waals surface area contributed by atoms with E-state index in [2.05, 4.69) is 0 Å². The first-order chi connectivity index (χ1) is 3.67. The van der Waals surface area contributed by atoms with Gasteiger partial charge >= 0.3 is 0 Å². The van der Waals surface area contributed by atoms with Crippen LogP contribution in [0.15, 0.2) is 0 Å². The number of ether oxygens (including phenoxy) is 2. The fourth-order valence-electron chi connectivity index (χ4n) is 0.581. The molecule has 1 saturated heterocycles. The topological polar surface area (TPSA) is 21.8 Å². The highest BCUT2D eigenvalue weighted by Crippen LogP contribution is 2.26. The average Bonchev–Trinajstić information content (AvgIpc) is 2.44. The van der Waals surface area contributed by atoms with E-state index in [1.54, 1.807) is 7.11 Å². The Morgan fingerprint density at radius 2 is 2.12 bits per heavy atom. The van der Waals surface area contributed by atoms with Gasteiger partial charge in [0.25, 0.3) is 0 Å². The minimum Gasteiger partial charge on any atom is -0.376 e. The van der Waals surface area contributed by atoms with E-state index in [4.69, 9.17) is 9.47 Å².